The summed E-state index contributed by atoms with van der Waals surface area (Å²) in [5.41, 5.74) is 0. The van der Waals surface area contributed by atoms with E-state index >= 15 is 0 Å². The summed E-state index contributed by atoms with van der Waals surface area (Å²) >= 11 is 6.00. The van der Waals surface area contributed by atoms with Gasteiger partial charge >= 0.3 is 0 Å². The minimum absolute atomic E-state index is 0.136. The van der Waals surface area contributed by atoms with Gasteiger partial charge in [0.05, 0.1) is 0 Å². The van der Waals surface area contributed by atoms with Gasteiger partial charge in [-0.15, -0.1) is 0 Å². The van der Waals surface area contributed by atoms with Crippen LogP contribution in [0.5, 0.6) is 11.6 Å². The van der Waals surface area contributed by atoms with Crippen LogP contribution in [0.3, 0.4) is 0 Å². The first-order chi connectivity index (χ1) is 12.9. The molecule has 1 amide bonds. The van der Waals surface area contributed by atoms with E-state index in [2.05, 4.69) is 35.6 Å². The van der Waals surface area contributed by atoms with Crippen molar-refractivity contribution in [2.75, 3.05) is 24.5 Å². The van der Waals surface area contributed by atoms with Crippen LogP contribution in [0.25, 0.3) is 0 Å². The fourth-order valence-corrected chi connectivity index (χ4v) is 3.39. The lowest BCUT2D eigenvalue weighted by molar-refractivity contribution is -0.134. The van der Waals surface area contributed by atoms with Crippen molar-refractivity contribution >= 4 is 23.3 Å². The Morgan fingerprint density at radius 3 is 2.81 bits per heavy atom. The number of ether oxygens (including phenoxy) is 1. The topological polar surface area (TPSA) is 58.6 Å². The maximum absolute atomic E-state index is 12.4. The summed E-state index contributed by atoms with van der Waals surface area (Å²) in [5, 5.41) is 0.609. The highest BCUT2D eigenvalue weighted by Crippen LogP contribution is 2.26. The Morgan fingerprint density at radius 1 is 1.30 bits per heavy atom. The third kappa shape index (κ3) is 5.10. The van der Waals surface area contributed by atoms with E-state index in [9.17, 15) is 4.79 Å². The second kappa shape index (κ2) is 8.57. The predicted octanol–water partition coefficient (Wildman–Crippen LogP) is 4.01. The molecule has 6 nitrogen and oxygen atoms in total. The van der Waals surface area contributed by atoms with E-state index in [1.54, 1.807) is 12.1 Å². The molecule has 1 unspecified atom stereocenters. The average molecular weight is 389 g/mol. The van der Waals surface area contributed by atoms with Gasteiger partial charge in [0.15, 0.2) is 0 Å². The Kier molecular flexibility index (Phi) is 6.16. The van der Waals surface area contributed by atoms with E-state index in [-0.39, 0.29) is 11.9 Å². The number of piperazine rings is 1. The van der Waals surface area contributed by atoms with Crippen LogP contribution in [0.1, 0.15) is 27.2 Å². The highest BCUT2D eigenvalue weighted by atomic mass is 35.5. The predicted molar refractivity (Wildman–Crippen MR) is 106 cm³/mol. The first-order valence-corrected chi connectivity index (χ1v) is 9.60. The molecule has 1 fully saturated rings. The molecule has 0 bridgehead atoms. The molecule has 0 spiro atoms. The van der Waals surface area contributed by atoms with Crippen molar-refractivity contribution in [1.82, 2.24) is 14.9 Å². The minimum Gasteiger partial charge on any atom is -0.439 e. The van der Waals surface area contributed by atoms with Gasteiger partial charge in [-0.2, -0.15) is 0 Å². The van der Waals surface area contributed by atoms with Crippen molar-refractivity contribution in [3.05, 3.63) is 41.7 Å². The van der Waals surface area contributed by atoms with Crippen LogP contribution < -0.4 is 9.64 Å². The van der Waals surface area contributed by atoms with E-state index in [0.717, 1.165) is 18.9 Å². The molecule has 1 aliphatic heterocycles. The number of hydrogen-bond donors (Lipinski definition) is 0. The summed E-state index contributed by atoms with van der Waals surface area (Å²) in [6, 6.07) is 9.14. The van der Waals surface area contributed by atoms with E-state index in [1.165, 1.54) is 6.33 Å². The highest BCUT2D eigenvalue weighted by Gasteiger charge is 2.28. The van der Waals surface area contributed by atoms with Crippen molar-refractivity contribution in [3.8, 4) is 11.6 Å². The molecule has 3 rings (SSSR count). The molecule has 144 valence electrons. The summed E-state index contributed by atoms with van der Waals surface area (Å²) in [4.78, 5) is 25.1. The molecule has 1 aliphatic rings. The van der Waals surface area contributed by atoms with E-state index in [0.29, 0.717) is 35.5 Å². The van der Waals surface area contributed by atoms with Crippen LogP contribution in [0, 0.1) is 5.92 Å². The van der Waals surface area contributed by atoms with Gasteiger partial charge in [0.2, 0.25) is 11.8 Å². The zero-order valence-corrected chi connectivity index (χ0v) is 16.7. The zero-order chi connectivity index (χ0) is 19.4. The lowest BCUT2D eigenvalue weighted by atomic mass is 10.1. The van der Waals surface area contributed by atoms with Gasteiger partial charge < -0.3 is 14.5 Å². The Hall–Kier alpha value is -2.34. The van der Waals surface area contributed by atoms with Crippen LogP contribution in [0.2, 0.25) is 5.02 Å². The standard InChI is InChI=1S/C20H25ClN4O2/c1-14(2)9-20(26)25-8-7-24(12-15(25)3)18-11-19(23-13-22-18)27-17-6-4-5-16(21)10-17/h4-6,10-11,13-15H,7-9,12H2,1-3H3. The third-order valence-electron chi connectivity index (χ3n) is 4.50. The first kappa shape index (κ1) is 19.4. The second-order valence-electron chi connectivity index (χ2n) is 7.25. The molecule has 1 aromatic heterocycles. The van der Waals surface area contributed by atoms with E-state index in [4.69, 9.17) is 16.3 Å². The lowest BCUT2D eigenvalue weighted by Crippen LogP contribution is -2.54. The second-order valence-corrected chi connectivity index (χ2v) is 7.69. The van der Waals surface area contributed by atoms with Gasteiger partial charge in [-0.1, -0.05) is 31.5 Å². The Balaban J connectivity index is 1.66. The Morgan fingerprint density at radius 2 is 2.11 bits per heavy atom. The highest BCUT2D eigenvalue weighted by molar-refractivity contribution is 6.30. The molecule has 1 saturated heterocycles. The molecule has 2 heterocycles. The van der Waals surface area contributed by atoms with Gasteiger partial charge in [0.1, 0.15) is 17.9 Å². The van der Waals surface area contributed by atoms with Crippen LogP contribution >= 0.6 is 11.6 Å². The number of carbonyl (C=O) groups is 1. The zero-order valence-electron chi connectivity index (χ0n) is 15.9. The molecular weight excluding hydrogens is 364 g/mol. The van der Waals surface area contributed by atoms with Gasteiger partial charge in [-0.05, 0) is 31.0 Å². The van der Waals surface area contributed by atoms with Crippen molar-refractivity contribution in [1.29, 1.82) is 0 Å². The van der Waals surface area contributed by atoms with Crippen LogP contribution in [0.15, 0.2) is 36.7 Å². The quantitative estimate of drug-likeness (QED) is 0.774. The first-order valence-electron chi connectivity index (χ1n) is 9.22. The normalized spacial score (nSPS) is 17.3. The van der Waals surface area contributed by atoms with Crippen LogP contribution in [0.4, 0.5) is 5.82 Å². The monoisotopic (exact) mass is 388 g/mol. The minimum atomic E-state index is 0.136. The molecule has 2 aromatic rings. The van der Waals surface area contributed by atoms with Gasteiger partial charge in [-0.25, -0.2) is 9.97 Å². The van der Waals surface area contributed by atoms with Crippen molar-refractivity contribution in [2.24, 2.45) is 5.92 Å². The number of benzene rings is 1. The summed E-state index contributed by atoms with van der Waals surface area (Å²) in [6.07, 6.45) is 2.09. The maximum Gasteiger partial charge on any atom is 0.224 e. The summed E-state index contributed by atoms with van der Waals surface area (Å²) in [7, 11) is 0. The molecule has 7 heteroatoms. The summed E-state index contributed by atoms with van der Waals surface area (Å²) in [5.74, 6) is 2.49. The number of halogens is 1. The molecule has 1 aromatic carbocycles. The molecular formula is C20H25ClN4O2. The Bertz CT molecular complexity index is 799. The summed E-state index contributed by atoms with van der Waals surface area (Å²) in [6.45, 7) is 8.39. The summed E-state index contributed by atoms with van der Waals surface area (Å²) < 4.78 is 5.79. The largest absolute Gasteiger partial charge is 0.439 e. The number of amides is 1. The maximum atomic E-state index is 12.4. The molecule has 1 atom stereocenters. The molecule has 0 radical (unpaired) electrons. The third-order valence-corrected chi connectivity index (χ3v) is 4.74. The number of hydrogen-bond acceptors (Lipinski definition) is 5. The molecule has 0 saturated carbocycles. The van der Waals surface area contributed by atoms with Gasteiger partial charge in [0.25, 0.3) is 0 Å². The van der Waals surface area contributed by atoms with Crippen molar-refractivity contribution in [3.63, 3.8) is 0 Å². The average Bonchev–Trinajstić information content (AvgIpc) is 2.61. The lowest BCUT2D eigenvalue weighted by Gasteiger charge is -2.40. The van der Waals surface area contributed by atoms with Crippen LogP contribution in [-0.4, -0.2) is 46.5 Å². The van der Waals surface area contributed by atoms with Crippen molar-refractivity contribution in [2.45, 2.75) is 33.2 Å². The SMILES string of the molecule is CC(C)CC(=O)N1CCN(c2cc(Oc3cccc(Cl)c3)ncn2)CC1C. The number of carbonyl (C=O) groups excluding carboxylic acids is 1. The van der Waals surface area contributed by atoms with Gasteiger partial charge in [0, 0.05) is 43.2 Å². The van der Waals surface area contributed by atoms with Gasteiger partial charge in [-0.3, -0.25) is 4.79 Å². The van der Waals surface area contributed by atoms with E-state index < -0.39 is 0 Å². The number of aromatic nitrogens is 2. The molecule has 0 aliphatic carbocycles. The van der Waals surface area contributed by atoms with Crippen LogP contribution in [-0.2, 0) is 4.79 Å². The smallest absolute Gasteiger partial charge is 0.224 e. The van der Waals surface area contributed by atoms with Crippen molar-refractivity contribution < 1.29 is 9.53 Å². The molecule has 0 N–H and O–H groups in total. The fourth-order valence-electron chi connectivity index (χ4n) is 3.21. The number of rotatable bonds is 5. The Labute approximate surface area is 165 Å². The number of anilines is 1. The van der Waals surface area contributed by atoms with E-state index in [1.807, 2.05) is 23.1 Å². The fraction of sp³-hybridized carbons (Fsp3) is 0.450. The number of nitrogens with zero attached hydrogens (tertiary/aromatic N) is 4. The molecule has 27 heavy (non-hydrogen) atoms.